The van der Waals surface area contributed by atoms with Gasteiger partial charge in [0.25, 0.3) is 5.91 Å². The predicted molar refractivity (Wildman–Crippen MR) is 143 cm³/mol. The van der Waals surface area contributed by atoms with Gasteiger partial charge in [-0.1, -0.05) is 72.6 Å². The van der Waals surface area contributed by atoms with Gasteiger partial charge in [0.15, 0.2) is 0 Å². The molecule has 3 aromatic rings. The summed E-state index contributed by atoms with van der Waals surface area (Å²) >= 11 is 6.08. The number of nitrogens with zero attached hydrogens (tertiary/aromatic N) is 1. The van der Waals surface area contributed by atoms with Crippen LogP contribution in [0.25, 0.3) is 11.1 Å². The molecular formula is C29H31ClN2O5. The standard InChI is InChI=1S/C29H31ClN2O5/c30-26-10-2-1-9-25(26)28(33)31-27(29(34)35)17-20-11-13-22(14-12-20)23-7-5-6-21(16-23)18-32-15-4-3-8-24(32)19-37-36/h1-2,5-7,9-14,16,24,27,36H,3-4,8,15,17-19H2,(H,31,33)(H,34,35)/t24?,27-/m0/s1. The molecule has 3 aromatic carbocycles. The van der Waals surface area contributed by atoms with E-state index >= 15 is 0 Å². The summed E-state index contributed by atoms with van der Waals surface area (Å²) in [5, 5.41) is 21.4. The van der Waals surface area contributed by atoms with Crippen LogP contribution in [-0.2, 0) is 22.6 Å². The maximum atomic E-state index is 12.6. The molecule has 8 heteroatoms. The minimum atomic E-state index is -1.11. The summed E-state index contributed by atoms with van der Waals surface area (Å²) in [4.78, 5) is 31.2. The molecule has 1 saturated heterocycles. The zero-order valence-electron chi connectivity index (χ0n) is 20.5. The van der Waals surface area contributed by atoms with Crippen molar-refractivity contribution in [3.63, 3.8) is 0 Å². The summed E-state index contributed by atoms with van der Waals surface area (Å²) in [6.45, 7) is 2.08. The van der Waals surface area contributed by atoms with Gasteiger partial charge in [-0.2, -0.15) is 0 Å². The predicted octanol–water partition coefficient (Wildman–Crippen LogP) is 5.28. The lowest BCUT2D eigenvalue weighted by atomic mass is 9.98. The average Bonchev–Trinajstić information content (AvgIpc) is 2.90. The van der Waals surface area contributed by atoms with Crippen LogP contribution in [0, 0.1) is 0 Å². The highest BCUT2D eigenvalue weighted by Crippen LogP contribution is 2.25. The van der Waals surface area contributed by atoms with Crippen LogP contribution in [0.4, 0.5) is 0 Å². The number of benzene rings is 3. The number of carbonyl (C=O) groups excluding carboxylic acids is 1. The molecule has 0 spiro atoms. The van der Waals surface area contributed by atoms with Gasteiger partial charge in [0.05, 0.1) is 17.2 Å². The van der Waals surface area contributed by atoms with Crippen LogP contribution in [0.15, 0.2) is 72.8 Å². The van der Waals surface area contributed by atoms with Crippen molar-refractivity contribution in [2.45, 2.75) is 44.3 Å². The Hall–Kier alpha value is -3.23. The second-order valence-corrected chi connectivity index (χ2v) is 9.77. The van der Waals surface area contributed by atoms with Crippen molar-refractivity contribution in [2.75, 3.05) is 13.2 Å². The molecule has 3 N–H and O–H groups in total. The maximum Gasteiger partial charge on any atom is 0.326 e. The Labute approximate surface area is 221 Å². The number of piperidine rings is 1. The Morgan fingerprint density at radius 2 is 1.78 bits per heavy atom. The molecule has 1 aliphatic rings. The summed E-state index contributed by atoms with van der Waals surface area (Å²) < 4.78 is 0. The molecule has 0 saturated carbocycles. The van der Waals surface area contributed by atoms with Crippen molar-refractivity contribution in [3.05, 3.63) is 94.5 Å². The number of likely N-dealkylation sites (tertiary alicyclic amines) is 1. The molecule has 0 radical (unpaired) electrons. The lowest BCUT2D eigenvalue weighted by molar-refractivity contribution is -0.253. The lowest BCUT2D eigenvalue weighted by Gasteiger charge is -2.34. The highest BCUT2D eigenvalue weighted by Gasteiger charge is 2.24. The number of carboxylic acid groups (broad SMARTS) is 1. The van der Waals surface area contributed by atoms with E-state index in [1.54, 1.807) is 24.3 Å². The molecule has 37 heavy (non-hydrogen) atoms. The number of carboxylic acids is 1. The van der Waals surface area contributed by atoms with Gasteiger partial charge in [-0.25, -0.2) is 9.68 Å². The van der Waals surface area contributed by atoms with E-state index in [2.05, 4.69) is 27.2 Å². The van der Waals surface area contributed by atoms with Gasteiger partial charge in [0, 0.05) is 19.0 Å². The molecule has 194 valence electrons. The Bertz CT molecular complexity index is 1210. The maximum absolute atomic E-state index is 12.6. The highest BCUT2D eigenvalue weighted by molar-refractivity contribution is 6.33. The second-order valence-electron chi connectivity index (χ2n) is 9.36. The summed E-state index contributed by atoms with van der Waals surface area (Å²) in [6, 6.07) is 21.7. The van der Waals surface area contributed by atoms with Gasteiger partial charge < -0.3 is 10.4 Å². The SMILES string of the molecule is O=C(N[C@@H](Cc1ccc(-c2cccc(CN3CCCCC3COO)c2)cc1)C(=O)O)c1ccccc1Cl. The molecule has 0 bridgehead atoms. The molecule has 1 fully saturated rings. The fraction of sp³-hybridized carbons (Fsp3) is 0.310. The van der Waals surface area contributed by atoms with Gasteiger partial charge in [-0.15, -0.1) is 0 Å². The molecule has 1 heterocycles. The number of carbonyl (C=O) groups is 2. The van der Waals surface area contributed by atoms with Gasteiger partial charge in [-0.05, 0) is 59.8 Å². The molecule has 1 unspecified atom stereocenters. The zero-order chi connectivity index (χ0) is 26.2. The smallest absolute Gasteiger partial charge is 0.326 e. The Morgan fingerprint density at radius 1 is 1.00 bits per heavy atom. The third kappa shape index (κ3) is 7.17. The fourth-order valence-electron chi connectivity index (χ4n) is 4.78. The molecular weight excluding hydrogens is 492 g/mol. The first-order valence-electron chi connectivity index (χ1n) is 12.4. The summed E-state index contributed by atoms with van der Waals surface area (Å²) in [7, 11) is 0. The normalized spacial score (nSPS) is 16.8. The Morgan fingerprint density at radius 3 is 2.51 bits per heavy atom. The van der Waals surface area contributed by atoms with E-state index < -0.39 is 17.9 Å². The van der Waals surface area contributed by atoms with Crippen LogP contribution in [0.2, 0.25) is 5.02 Å². The first-order chi connectivity index (χ1) is 17.9. The van der Waals surface area contributed by atoms with Gasteiger partial charge in [0.1, 0.15) is 6.04 Å². The lowest BCUT2D eigenvalue weighted by Crippen LogP contribution is -2.42. The van der Waals surface area contributed by atoms with Crippen molar-refractivity contribution in [2.24, 2.45) is 0 Å². The zero-order valence-corrected chi connectivity index (χ0v) is 21.2. The van der Waals surface area contributed by atoms with E-state index in [1.165, 1.54) is 5.56 Å². The van der Waals surface area contributed by atoms with Crippen LogP contribution in [0.3, 0.4) is 0 Å². The number of rotatable bonds is 10. The number of halogens is 1. The van der Waals surface area contributed by atoms with Gasteiger partial charge >= 0.3 is 5.97 Å². The Balaban J connectivity index is 1.42. The minimum absolute atomic E-state index is 0.148. The number of hydrogen-bond donors (Lipinski definition) is 3. The molecule has 7 nitrogen and oxygen atoms in total. The summed E-state index contributed by atoms with van der Waals surface area (Å²) in [5.74, 6) is -1.63. The van der Waals surface area contributed by atoms with Crippen LogP contribution in [0.5, 0.6) is 0 Å². The monoisotopic (exact) mass is 522 g/mol. The van der Waals surface area contributed by atoms with E-state index in [-0.39, 0.29) is 23.0 Å². The number of amides is 1. The number of hydrogen-bond acceptors (Lipinski definition) is 5. The van der Waals surface area contributed by atoms with Crippen molar-refractivity contribution in [1.82, 2.24) is 10.2 Å². The van der Waals surface area contributed by atoms with Crippen molar-refractivity contribution in [3.8, 4) is 11.1 Å². The third-order valence-corrected chi connectivity index (χ3v) is 7.11. The van der Waals surface area contributed by atoms with Crippen molar-refractivity contribution in [1.29, 1.82) is 0 Å². The molecule has 0 aromatic heterocycles. The quantitative estimate of drug-likeness (QED) is 0.247. The molecule has 1 aliphatic heterocycles. The van der Waals surface area contributed by atoms with Crippen LogP contribution < -0.4 is 5.32 Å². The average molecular weight is 523 g/mol. The number of nitrogens with one attached hydrogen (secondary N) is 1. The topological polar surface area (TPSA) is 99.1 Å². The van der Waals surface area contributed by atoms with E-state index in [0.29, 0.717) is 6.61 Å². The van der Waals surface area contributed by atoms with E-state index in [4.69, 9.17) is 16.9 Å². The third-order valence-electron chi connectivity index (χ3n) is 6.78. The molecule has 4 rings (SSSR count). The molecule has 2 atom stereocenters. The van der Waals surface area contributed by atoms with Crippen molar-refractivity contribution >= 4 is 23.5 Å². The largest absolute Gasteiger partial charge is 0.480 e. The van der Waals surface area contributed by atoms with Crippen LogP contribution >= 0.6 is 11.6 Å². The number of aliphatic carboxylic acids is 1. The summed E-state index contributed by atoms with van der Waals surface area (Å²) in [5.41, 5.74) is 4.31. The van der Waals surface area contributed by atoms with Crippen LogP contribution in [0.1, 0.15) is 40.7 Å². The first kappa shape index (κ1) is 26.8. The van der Waals surface area contributed by atoms with Gasteiger partial charge in [-0.3, -0.25) is 15.0 Å². The second kappa shape index (κ2) is 12.8. The highest BCUT2D eigenvalue weighted by atomic mass is 35.5. The molecule has 1 amide bonds. The first-order valence-corrected chi connectivity index (χ1v) is 12.8. The van der Waals surface area contributed by atoms with Crippen molar-refractivity contribution < 1.29 is 24.8 Å². The van der Waals surface area contributed by atoms with E-state index in [9.17, 15) is 14.7 Å². The Kier molecular flexibility index (Phi) is 9.30. The minimum Gasteiger partial charge on any atom is -0.480 e. The summed E-state index contributed by atoms with van der Waals surface area (Å²) in [6.07, 6.45) is 3.44. The van der Waals surface area contributed by atoms with Gasteiger partial charge in [0.2, 0.25) is 0 Å². The fourth-order valence-corrected chi connectivity index (χ4v) is 5.00. The van der Waals surface area contributed by atoms with Crippen LogP contribution in [-0.4, -0.2) is 52.4 Å². The van der Waals surface area contributed by atoms with E-state index in [0.717, 1.165) is 49.0 Å². The van der Waals surface area contributed by atoms with E-state index in [1.807, 2.05) is 36.4 Å². The molecule has 0 aliphatic carbocycles.